The molecule has 0 radical (unpaired) electrons. The van der Waals surface area contributed by atoms with E-state index in [0.29, 0.717) is 29.8 Å². The summed E-state index contributed by atoms with van der Waals surface area (Å²) in [5.41, 5.74) is 1.34. The van der Waals surface area contributed by atoms with E-state index in [4.69, 9.17) is 0 Å². The molecule has 5 heteroatoms. The maximum Gasteiger partial charge on any atom is 0.267 e. The average Bonchev–Trinajstić information content (AvgIpc) is 2.91. The van der Waals surface area contributed by atoms with Crippen LogP contribution in [0.1, 0.15) is 33.3 Å². The van der Waals surface area contributed by atoms with Crippen molar-refractivity contribution in [3.63, 3.8) is 0 Å². The summed E-state index contributed by atoms with van der Waals surface area (Å²) >= 11 is 0. The molecule has 1 aromatic carbocycles. The number of aromatic amines is 1. The number of hydrogen-bond acceptors (Lipinski definition) is 2. The van der Waals surface area contributed by atoms with Gasteiger partial charge in [0.25, 0.3) is 5.91 Å². The van der Waals surface area contributed by atoms with Gasteiger partial charge in [0, 0.05) is 18.3 Å². The van der Waals surface area contributed by atoms with Gasteiger partial charge in [-0.05, 0) is 31.0 Å². The molecule has 0 aliphatic carbocycles. The zero-order valence-corrected chi connectivity index (χ0v) is 11.1. The molecule has 0 aliphatic rings. The Kier molecular flexibility index (Phi) is 4.30. The SMILES string of the molecule is CC(=O)c1c[nH]c(C(=O)NCCc2ccccc2F)c1. The van der Waals surface area contributed by atoms with Gasteiger partial charge in [0.2, 0.25) is 0 Å². The van der Waals surface area contributed by atoms with Crippen molar-refractivity contribution in [1.82, 2.24) is 10.3 Å². The first-order chi connectivity index (χ1) is 9.58. The molecule has 0 saturated heterocycles. The number of carbonyl (C=O) groups excluding carboxylic acids is 2. The van der Waals surface area contributed by atoms with Gasteiger partial charge >= 0.3 is 0 Å². The maximum atomic E-state index is 13.4. The first-order valence-electron chi connectivity index (χ1n) is 6.29. The second-order valence-corrected chi connectivity index (χ2v) is 4.46. The van der Waals surface area contributed by atoms with Gasteiger partial charge in [0.15, 0.2) is 5.78 Å². The second-order valence-electron chi connectivity index (χ2n) is 4.46. The van der Waals surface area contributed by atoms with E-state index in [1.54, 1.807) is 18.2 Å². The van der Waals surface area contributed by atoms with Crippen molar-refractivity contribution < 1.29 is 14.0 Å². The fraction of sp³-hybridized carbons (Fsp3) is 0.200. The Balaban J connectivity index is 1.89. The lowest BCUT2D eigenvalue weighted by molar-refractivity contribution is 0.0949. The number of ketones is 1. The Morgan fingerprint density at radius 1 is 1.30 bits per heavy atom. The van der Waals surface area contributed by atoms with Gasteiger partial charge in [-0.1, -0.05) is 18.2 Å². The monoisotopic (exact) mass is 274 g/mol. The largest absolute Gasteiger partial charge is 0.356 e. The van der Waals surface area contributed by atoms with E-state index in [9.17, 15) is 14.0 Å². The lowest BCUT2D eigenvalue weighted by Gasteiger charge is -2.04. The molecule has 2 aromatic rings. The van der Waals surface area contributed by atoms with Crippen molar-refractivity contribution in [2.45, 2.75) is 13.3 Å². The van der Waals surface area contributed by atoms with Crippen molar-refractivity contribution in [2.24, 2.45) is 0 Å². The average molecular weight is 274 g/mol. The predicted octanol–water partition coefficient (Wildman–Crippen LogP) is 2.33. The zero-order valence-electron chi connectivity index (χ0n) is 11.1. The molecule has 104 valence electrons. The molecular weight excluding hydrogens is 259 g/mol. The second kappa shape index (κ2) is 6.14. The van der Waals surface area contributed by atoms with Gasteiger partial charge in [-0.15, -0.1) is 0 Å². The number of carbonyl (C=O) groups is 2. The van der Waals surface area contributed by atoms with Crippen molar-refractivity contribution >= 4 is 11.7 Å². The number of hydrogen-bond donors (Lipinski definition) is 2. The summed E-state index contributed by atoms with van der Waals surface area (Å²) < 4.78 is 13.4. The van der Waals surface area contributed by atoms with Gasteiger partial charge in [0.05, 0.1) is 0 Å². The molecule has 20 heavy (non-hydrogen) atoms. The maximum absolute atomic E-state index is 13.4. The zero-order chi connectivity index (χ0) is 14.5. The Hall–Kier alpha value is -2.43. The third-order valence-electron chi connectivity index (χ3n) is 2.97. The minimum absolute atomic E-state index is 0.105. The Morgan fingerprint density at radius 3 is 2.70 bits per heavy atom. The number of amides is 1. The first-order valence-corrected chi connectivity index (χ1v) is 6.29. The van der Waals surface area contributed by atoms with Crippen LogP contribution in [0.4, 0.5) is 4.39 Å². The Morgan fingerprint density at radius 2 is 2.05 bits per heavy atom. The molecule has 2 N–H and O–H groups in total. The standard InChI is InChI=1S/C15H15FN2O2/c1-10(19)12-8-14(18-9-12)15(20)17-7-6-11-4-2-3-5-13(11)16/h2-5,8-9,18H,6-7H2,1H3,(H,17,20). The number of nitrogens with one attached hydrogen (secondary N) is 2. The van der Waals surface area contributed by atoms with E-state index in [-0.39, 0.29) is 17.5 Å². The molecule has 0 atom stereocenters. The molecule has 1 amide bonds. The number of benzene rings is 1. The minimum Gasteiger partial charge on any atom is -0.356 e. The van der Waals surface area contributed by atoms with E-state index >= 15 is 0 Å². The van der Waals surface area contributed by atoms with Crippen molar-refractivity contribution in [3.8, 4) is 0 Å². The van der Waals surface area contributed by atoms with Gasteiger partial charge in [-0.3, -0.25) is 9.59 Å². The van der Waals surface area contributed by atoms with E-state index in [1.165, 1.54) is 25.3 Å². The van der Waals surface area contributed by atoms with Gasteiger partial charge in [0.1, 0.15) is 11.5 Å². The Labute approximate surface area is 116 Å². The predicted molar refractivity (Wildman–Crippen MR) is 73.2 cm³/mol. The van der Waals surface area contributed by atoms with Crippen LogP contribution >= 0.6 is 0 Å². The molecule has 0 bridgehead atoms. The highest BCUT2D eigenvalue weighted by atomic mass is 19.1. The highest BCUT2D eigenvalue weighted by molar-refractivity contribution is 5.99. The first kappa shape index (κ1) is 14.0. The summed E-state index contributed by atoms with van der Waals surface area (Å²) in [5.74, 6) is -0.694. The van der Waals surface area contributed by atoms with Crippen LogP contribution in [0.25, 0.3) is 0 Å². The van der Waals surface area contributed by atoms with Crippen molar-refractivity contribution in [2.75, 3.05) is 6.54 Å². The lowest BCUT2D eigenvalue weighted by Crippen LogP contribution is -2.26. The third kappa shape index (κ3) is 3.32. The van der Waals surface area contributed by atoms with Crippen LogP contribution in [-0.2, 0) is 6.42 Å². The van der Waals surface area contributed by atoms with Crippen molar-refractivity contribution in [3.05, 3.63) is 59.2 Å². The molecule has 0 spiro atoms. The molecule has 0 fully saturated rings. The van der Waals surface area contributed by atoms with E-state index in [2.05, 4.69) is 10.3 Å². The smallest absolute Gasteiger partial charge is 0.267 e. The van der Waals surface area contributed by atoms with Crippen LogP contribution < -0.4 is 5.32 Å². The molecule has 0 saturated carbocycles. The quantitative estimate of drug-likeness (QED) is 0.822. The number of rotatable bonds is 5. The minimum atomic E-state index is -0.311. The van der Waals surface area contributed by atoms with Crippen LogP contribution in [0.5, 0.6) is 0 Å². The topological polar surface area (TPSA) is 62.0 Å². The Bertz CT molecular complexity index is 634. The summed E-state index contributed by atoms with van der Waals surface area (Å²) in [7, 11) is 0. The summed E-state index contributed by atoms with van der Waals surface area (Å²) in [6.45, 7) is 1.76. The van der Waals surface area contributed by atoms with E-state index in [0.717, 1.165) is 0 Å². The van der Waals surface area contributed by atoms with E-state index in [1.807, 2.05) is 0 Å². The molecule has 1 aromatic heterocycles. The van der Waals surface area contributed by atoms with E-state index < -0.39 is 0 Å². The summed E-state index contributed by atoms with van der Waals surface area (Å²) in [5, 5.41) is 2.68. The van der Waals surface area contributed by atoms with Crippen molar-refractivity contribution in [1.29, 1.82) is 0 Å². The molecule has 4 nitrogen and oxygen atoms in total. The summed E-state index contributed by atoms with van der Waals surface area (Å²) in [6.07, 6.45) is 1.91. The van der Waals surface area contributed by atoms with Crippen LogP contribution in [0.3, 0.4) is 0 Å². The summed E-state index contributed by atoms with van der Waals surface area (Å²) in [6, 6.07) is 7.95. The highest BCUT2D eigenvalue weighted by Crippen LogP contribution is 2.07. The number of halogens is 1. The number of aromatic nitrogens is 1. The van der Waals surface area contributed by atoms with Gasteiger partial charge in [-0.2, -0.15) is 0 Å². The number of H-pyrrole nitrogens is 1. The van der Waals surface area contributed by atoms with Crippen LogP contribution in [0.2, 0.25) is 0 Å². The molecule has 1 heterocycles. The normalized spacial score (nSPS) is 10.3. The molecular formula is C15H15FN2O2. The summed E-state index contributed by atoms with van der Waals surface area (Å²) in [4.78, 5) is 25.7. The van der Waals surface area contributed by atoms with Crippen LogP contribution in [0.15, 0.2) is 36.5 Å². The highest BCUT2D eigenvalue weighted by Gasteiger charge is 2.10. The molecule has 0 aliphatic heterocycles. The molecule has 2 rings (SSSR count). The van der Waals surface area contributed by atoms with Crippen LogP contribution in [0, 0.1) is 5.82 Å². The van der Waals surface area contributed by atoms with Gasteiger partial charge in [-0.25, -0.2) is 4.39 Å². The number of Topliss-reactive ketones (excluding diaryl/α,β-unsaturated/α-hetero) is 1. The fourth-order valence-corrected chi connectivity index (χ4v) is 1.84. The fourth-order valence-electron chi connectivity index (χ4n) is 1.84. The lowest BCUT2D eigenvalue weighted by atomic mass is 10.1. The third-order valence-corrected chi connectivity index (χ3v) is 2.97. The van der Waals surface area contributed by atoms with Crippen LogP contribution in [-0.4, -0.2) is 23.2 Å². The van der Waals surface area contributed by atoms with Gasteiger partial charge < -0.3 is 10.3 Å². The molecule has 0 unspecified atom stereocenters.